The summed E-state index contributed by atoms with van der Waals surface area (Å²) >= 11 is 1.67. The number of aryl methyl sites for hydroxylation is 1. The van der Waals surface area contributed by atoms with Crippen LogP contribution in [-0.4, -0.2) is 28.7 Å². The summed E-state index contributed by atoms with van der Waals surface area (Å²) in [6.07, 6.45) is 1.71. The van der Waals surface area contributed by atoms with Gasteiger partial charge in [-0.15, -0.1) is 11.8 Å². The van der Waals surface area contributed by atoms with Crippen LogP contribution in [-0.2, 0) is 34.5 Å². The molecule has 31 heavy (non-hydrogen) atoms. The SMILES string of the molecule is COCc1c(C(C)(C)C=O)cc2n(c1=O)Cc1c-2nc2cc(F)c(C)c3c2c1CCS3. The Hall–Kier alpha value is -2.51. The summed E-state index contributed by atoms with van der Waals surface area (Å²) in [5.74, 6) is 0.607. The van der Waals surface area contributed by atoms with Gasteiger partial charge >= 0.3 is 0 Å². The van der Waals surface area contributed by atoms with E-state index in [4.69, 9.17) is 9.72 Å². The first kappa shape index (κ1) is 20.4. The molecule has 0 spiro atoms. The summed E-state index contributed by atoms with van der Waals surface area (Å²) in [5, 5.41) is 1.01. The van der Waals surface area contributed by atoms with E-state index in [2.05, 4.69) is 0 Å². The van der Waals surface area contributed by atoms with Crippen molar-refractivity contribution in [3.63, 3.8) is 0 Å². The molecule has 0 radical (unpaired) electrons. The van der Waals surface area contributed by atoms with Crippen LogP contribution in [0.4, 0.5) is 4.39 Å². The van der Waals surface area contributed by atoms with Gasteiger partial charge in [0.05, 0.1) is 30.1 Å². The zero-order valence-electron chi connectivity index (χ0n) is 18.0. The first-order valence-corrected chi connectivity index (χ1v) is 11.3. The summed E-state index contributed by atoms with van der Waals surface area (Å²) in [5.41, 5.74) is 5.00. The largest absolute Gasteiger partial charge is 0.380 e. The predicted molar refractivity (Wildman–Crippen MR) is 119 cm³/mol. The van der Waals surface area contributed by atoms with Gasteiger partial charge in [0.25, 0.3) is 5.56 Å². The van der Waals surface area contributed by atoms with Crippen LogP contribution in [0.3, 0.4) is 0 Å². The van der Waals surface area contributed by atoms with Crippen LogP contribution < -0.4 is 5.56 Å². The van der Waals surface area contributed by atoms with E-state index in [-0.39, 0.29) is 18.0 Å². The van der Waals surface area contributed by atoms with Gasteiger partial charge in [-0.25, -0.2) is 9.37 Å². The first-order chi connectivity index (χ1) is 14.8. The third-order valence-electron chi connectivity index (χ3n) is 6.46. The number of halogens is 1. The number of ether oxygens (including phenoxy) is 1. The summed E-state index contributed by atoms with van der Waals surface area (Å²) in [4.78, 5) is 31.1. The fraction of sp³-hybridized carbons (Fsp3) is 0.375. The third-order valence-corrected chi connectivity index (χ3v) is 7.67. The monoisotopic (exact) mass is 438 g/mol. The minimum Gasteiger partial charge on any atom is -0.380 e. The maximum Gasteiger partial charge on any atom is 0.257 e. The molecule has 0 atom stereocenters. The second-order valence-corrected chi connectivity index (χ2v) is 9.91. The molecule has 1 aromatic carbocycles. The minimum absolute atomic E-state index is 0.134. The predicted octanol–water partition coefficient (Wildman–Crippen LogP) is 4.14. The fourth-order valence-corrected chi connectivity index (χ4v) is 5.99. The molecule has 0 N–H and O–H groups in total. The molecule has 4 heterocycles. The summed E-state index contributed by atoms with van der Waals surface area (Å²) in [7, 11) is 1.54. The third kappa shape index (κ3) is 2.83. The van der Waals surface area contributed by atoms with Crippen molar-refractivity contribution in [2.75, 3.05) is 12.9 Å². The van der Waals surface area contributed by atoms with Gasteiger partial charge in [0, 0.05) is 45.8 Å². The molecule has 0 aliphatic carbocycles. The second-order valence-electron chi connectivity index (χ2n) is 8.81. The highest BCUT2D eigenvalue weighted by Crippen LogP contribution is 2.44. The van der Waals surface area contributed by atoms with Crippen molar-refractivity contribution in [1.82, 2.24) is 9.55 Å². The molecule has 2 aliphatic rings. The number of methoxy groups -OCH3 is 1. The van der Waals surface area contributed by atoms with E-state index in [1.165, 1.54) is 13.2 Å². The topological polar surface area (TPSA) is 61.2 Å². The summed E-state index contributed by atoms with van der Waals surface area (Å²) < 4.78 is 21.6. The number of aldehydes is 1. The van der Waals surface area contributed by atoms with Crippen molar-refractivity contribution in [3.05, 3.63) is 56.1 Å². The number of carbonyl (C=O) groups is 1. The molecule has 0 saturated heterocycles. The number of carbonyl (C=O) groups excluding carboxylic acids is 1. The molecule has 2 aliphatic heterocycles. The van der Waals surface area contributed by atoms with E-state index in [0.29, 0.717) is 40.1 Å². The molecule has 5 nitrogen and oxygen atoms in total. The molecule has 0 unspecified atom stereocenters. The van der Waals surface area contributed by atoms with Gasteiger partial charge in [0.2, 0.25) is 0 Å². The number of thioether (sulfide) groups is 1. The summed E-state index contributed by atoms with van der Waals surface area (Å²) in [6.45, 7) is 5.96. The zero-order valence-corrected chi connectivity index (χ0v) is 18.8. The lowest BCUT2D eigenvalue weighted by Crippen LogP contribution is -2.31. The van der Waals surface area contributed by atoms with E-state index in [0.717, 1.165) is 39.9 Å². The maximum atomic E-state index is 14.6. The fourth-order valence-electron chi connectivity index (χ4n) is 4.79. The molecule has 0 bridgehead atoms. The Morgan fingerprint density at radius 1 is 1.32 bits per heavy atom. The molecule has 5 rings (SSSR count). The van der Waals surface area contributed by atoms with E-state index < -0.39 is 5.41 Å². The number of benzene rings is 1. The Morgan fingerprint density at radius 3 is 2.81 bits per heavy atom. The highest BCUT2D eigenvalue weighted by atomic mass is 32.2. The Labute approximate surface area is 183 Å². The van der Waals surface area contributed by atoms with Crippen LogP contribution in [0.25, 0.3) is 22.3 Å². The zero-order chi connectivity index (χ0) is 22.1. The van der Waals surface area contributed by atoms with Gasteiger partial charge < -0.3 is 14.1 Å². The number of aromatic nitrogens is 2. The van der Waals surface area contributed by atoms with Crippen LogP contribution in [0.5, 0.6) is 0 Å². The lowest BCUT2D eigenvalue weighted by atomic mass is 9.83. The van der Waals surface area contributed by atoms with Crippen molar-refractivity contribution in [2.45, 2.75) is 50.7 Å². The number of hydrogen-bond donors (Lipinski definition) is 0. The van der Waals surface area contributed by atoms with Crippen molar-refractivity contribution >= 4 is 29.0 Å². The number of fused-ring (bicyclic) bond motifs is 4. The average molecular weight is 439 g/mol. The minimum atomic E-state index is -0.844. The van der Waals surface area contributed by atoms with Crippen molar-refractivity contribution < 1.29 is 13.9 Å². The molecule has 3 aromatic rings. The van der Waals surface area contributed by atoms with E-state index in [1.54, 1.807) is 30.2 Å². The van der Waals surface area contributed by atoms with Crippen LogP contribution in [0.15, 0.2) is 21.8 Å². The molecule has 0 saturated carbocycles. The number of rotatable bonds is 4. The highest BCUT2D eigenvalue weighted by Gasteiger charge is 2.33. The number of pyridine rings is 2. The first-order valence-electron chi connectivity index (χ1n) is 10.3. The highest BCUT2D eigenvalue weighted by molar-refractivity contribution is 7.99. The van der Waals surface area contributed by atoms with Gasteiger partial charge in [-0.2, -0.15) is 0 Å². The molecule has 2 aromatic heterocycles. The molecule has 0 amide bonds. The van der Waals surface area contributed by atoms with Crippen molar-refractivity contribution in [3.8, 4) is 11.4 Å². The van der Waals surface area contributed by atoms with Crippen LogP contribution in [0.1, 0.15) is 41.7 Å². The van der Waals surface area contributed by atoms with Crippen LogP contribution in [0.2, 0.25) is 0 Å². The second kappa shape index (κ2) is 7.00. The molecular formula is C24H23FN2O3S. The van der Waals surface area contributed by atoms with Gasteiger partial charge in [0.1, 0.15) is 12.1 Å². The Morgan fingerprint density at radius 2 is 2.10 bits per heavy atom. The average Bonchev–Trinajstić information content (AvgIpc) is 3.13. The van der Waals surface area contributed by atoms with Gasteiger partial charge in [-0.3, -0.25) is 4.79 Å². The van der Waals surface area contributed by atoms with E-state index >= 15 is 0 Å². The standard InChI is InChI=1S/C24H23FN2O3S/c1-12-17(25)8-18-20-13(5-6-31-22(12)20)14-9-27-19(21(14)26-18)7-16(24(2,3)11-28)15(10-30-4)23(27)29/h7-8,11H,5-6,9-10H2,1-4H3. The molecule has 160 valence electrons. The van der Waals surface area contributed by atoms with Gasteiger partial charge in [-0.05, 0) is 49.9 Å². The molecule has 0 fully saturated rings. The smallest absolute Gasteiger partial charge is 0.257 e. The van der Waals surface area contributed by atoms with Crippen molar-refractivity contribution in [2.24, 2.45) is 0 Å². The quantitative estimate of drug-likeness (QED) is 0.448. The lowest BCUT2D eigenvalue weighted by Gasteiger charge is -2.22. The van der Waals surface area contributed by atoms with Crippen LogP contribution >= 0.6 is 11.8 Å². The normalized spacial score (nSPS) is 14.6. The lowest BCUT2D eigenvalue weighted by molar-refractivity contribution is -0.111. The summed E-state index contributed by atoms with van der Waals surface area (Å²) in [6, 6.07) is 3.39. The maximum absolute atomic E-state index is 14.6. The Kier molecular flexibility index (Phi) is 4.61. The Balaban J connectivity index is 1.85. The van der Waals surface area contributed by atoms with E-state index in [9.17, 15) is 14.0 Å². The van der Waals surface area contributed by atoms with Crippen LogP contribution in [0, 0.1) is 12.7 Å². The number of hydrogen-bond acceptors (Lipinski definition) is 5. The van der Waals surface area contributed by atoms with Gasteiger partial charge in [-0.1, -0.05) is 0 Å². The van der Waals surface area contributed by atoms with Crippen molar-refractivity contribution in [1.29, 1.82) is 0 Å². The van der Waals surface area contributed by atoms with Gasteiger partial charge in [0.15, 0.2) is 0 Å². The Bertz CT molecular complexity index is 1340. The number of nitrogens with zero attached hydrogens (tertiary/aromatic N) is 2. The molecular weight excluding hydrogens is 415 g/mol. The molecule has 7 heteroatoms. The van der Waals surface area contributed by atoms with E-state index in [1.807, 2.05) is 13.0 Å².